The molecule has 1 saturated carbocycles. The van der Waals surface area contributed by atoms with Crippen molar-refractivity contribution in [2.24, 2.45) is 5.41 Å². The van der Waals surface area contributed by atoms with Gasteiger partial charge in [-0.3, -0.25) is 4.90 Å². The predicted molar refractivity (Wildman–Crippen MR) is 183 cm³/mol. The van der Waals surface area contributed by atoms with E-state index in [1.54, 1.807) is 0 Å². The second-order valence-electron chi connectivity index (χ2n) is 14.6. The molecule has 266 valence electrons. The van der Waals surface area contributed by atoms with Gasteiger partial charge in [0.1, 0.15) is 22.9 Å². The molecule has 0 amide bonds. The van der Waals surface area contributed by atoms with Crippen molar-refractivity contribution < 1.29 is 36.5 Å². The van der Waals surface area contributed by atoms with Crippen LogP contribution in [0.15, 0.2) is 35.2 Å². The summed E-state index contributed by atoms with van der Waals surface area (Å²) in [5, 5.41) is 14.5. The van der Waals surface area contributed by atoms with E-state index < -0.39 is 39.4 Å². The minimum Gasteiger partial charge on any atom is -0.508 e. The number of nitrogens with zero attached hydrogens (tertiary/aromatic N) is 4. The molecule has 0 radical (unpaired) electrons. The number of thioether (sulfide) groups is 1. The monoisotopic (exact) mass is 723 g/mol. The van der Waals surface area contributed by atoms with Crippen LogP contribution in [-0.2, 0) is 4.74 Å². The number of ether oxygens (including phenoxy) is 2. The van der Waals surface area contributed by atoms with E-state index in [-0.39, 0.29) is 80.1 Å². The van der Waals surface area contributed by atoms with Crippen molar-refractivity contribution in [3.8, 4) is 35.2 Å². The van der Waals surface area contributed by atoms with Crippen molar-refractivity contribution in [1.29, 1.82) is 0 Å². The Kier molecular flexibility index (Phi) is 7.81. The number of anilines is 1. The third kappa shape index (κ3) is 6.11. The Morgan fingerprint density at radius 3 is 2.45 bits per heavy atom. The predicted octanol–water partition coefficient (Wildman–Crippen LogP) is 6.60. The Labute approximate surface area is 294 Å². The van der Waals surface area contributed by atoms with Gasteiger partial charge >= 0.3 is 11.5 Å². The van der Waals surface area contributed by atoms with E-state index in [1.165, 1.54) is 18.2 Å². The molecule has 14 heteroatoms. The summed E-state index contributed by atoms with van der Waals surface area (Å²) in [5.74, 6) is 0.304. The average molecular weight is 724 g/mol. The highest BCUT2D eigenvalue weighted by atomic mass is 32.2. The number of nitrogens with one attached hydrogen (secondary N) is 1. The Bertz CT molecular complexity index is 2090. The summed E-state index contributed by atoms with van der Waals surface area (Å²) in [4.78, 5) is 13.2. The number of morpholine rings is 1. The quantitative estimate of drug-likeness (QED) is 0.119. The number of fused-ring (bicyclic) bond motifs is 6. The summed E-state index contributed by atoms with van der Waals surface area (Å²) in [6.07, 6.45) is 11.1. The number of hydrogen-bond acceptors (Lipinski definition) is 9. The van der Waals surface area contributed by atoms with Gasteiger partial charge in [0, 0.05) is 77.9 Å². The number of phenolic OH excluding ortho intramolecular Hbond substituents is 1. The van der Waals surface area contributed by atoms with Gasteiger partial charge in [-0.25, -0.2) is 8.78 Å². The van der Waals surface area contributed by atoms with Gasteiger partial charge in [0.25, 0.3) is 0 Å². The van der Waals surface area contributed by atoms with Crippen molar-refractivity contribution in [3.63, 3.8) is 0 Å². The van der Waals surface area contributed by atoms with Crippen LogP contribution in [0.4, 0.5) is 27.8 Å². The van der Waals surface area contributed by atoms with Crippen LogP contribution in [-0.4, -0.2) is 89.1 Å². The first-order valence-corrected chi connectivity index (χ1v) is 18.0. The number of benzene rings is 3. The second kappa shape index (κ2) is 12.1. The molecule has 4 atom stereocenters. The Hall–Kier alpha value is -3.90. The third-order valence-electron chi connectivity index (χ3n) is 10.9. The minimum absolute atomic E-state index is 0.00145. The summed E-state index contributed by atoms with van der Waals surface area (Å²) < 4.78 is 87.1. The van der Waals surface area contributed by atoms with E-state index in [4.69, 9.17) is 20.9 Å². The van der Waals surface area contributed by atoms with Crippen LogP contribution in [0.5, 0.6) is 11.8 Å². The summed E-state index contributed by atoms with van der Waals surface area (Å²) in [6.45, 7) is 3.94. The van der Waals surface area contributed by atoms with Crippen LogP contribution in [0.3, 0.4) is 0 Å². The fourth-order valence-electron chi connectivity index (χ4n) is 8.45. The van der Waals surface area contributed by atoms with Crippen LogP contribution < -0.4 is 15.0 Å². The zero-order valence-electron chi connectivity index (χ0n) is 27.4. The highest BCUT2D eigenvalue weighted by Gasteiger charge is 2.48. The Morgan fingerprint density at radius 2 is 1.78 bits per heavy atom. The van der Waals surface area contributed by atoms with Crippen molar-refractivity contribution in [2.75, 3.05) is 44.2 Å². The summed E-state index contributed by atoms with van der Waals surface area (Å²) >= 11 is -0.500. The zero-order chi connectivity index (χ0) is 35.2. The first kappa shape index (κ1) is 33.0. The van der Waals surface area contributed by atoms with Gasteiger partial charge in [0.2, 0.25) is 0 Å². The number of hydrogen-bond donors (Lipinski definition) is 2. The molecule has 4 unspecified atom stereocenters. The smallest absolute Gasteiger partial charge is 0.446 e. The largest absolute Gasteiger partial charge is 0.508 e. The standard InChI is InChI=1S/C37H34F5N5O3S/c1-2-25-28(38)6-3-19-9-22(48)10-26(30(19)25)31-29(51-37(40,41)42)12-27-33(32(31)39)44-35(45-34(27)47-13-20-4-5-21(14-47)43-20)49-18-36(7-8-36)17-46-15-23-11-24(16-46)50-23/h1,3,6,9-10,12,20-21,23-24,43,48H,4-5,7-8,11,13-18H2. The van der Waals surface area contributed by atoms with E-state index in [9.17, 15) is 18.3 Å². The average Bonchev–Trinajstić information content (AvgIpc) is 3.75. The molecule has 10 rings (SSSR count). The van der Waals surface area contributed by atoms with Crippen molar-refractivity contribution in [1.82, 2.24) is 20.2 Å². The van der Waals surface area contributed by atoms with Gasteiger partial charge in [0.15, 0.2) is 5.82 Å². The maximum atomic E-state index is 17.3. The van der Waals surface area contributed by atoms with Crippen molar-refractivity contribution in [3.05, 3.63) is 47.5 Å². The van der Waals surface area contributed by atoms with Gasteiger partial charge in [-0.05, 0) is 72.7 Å². The van der Waals surface area contributed by atoms with Gasteiger partial charge < -0.3 is 24.8 Å². The summed E-state index contributed by atoms with van der Waals surface area (Å²) in [6, 6.07) is 6.31. The molecule has 6 heterocycles. The molecular formula is C37H34F5N5O3S. The second-order valence-corrected chi connectivity index (χ2v) is 15.7. The number of piperidine rings is 1. The normalized spacial score (nSPS) is 25.2. The summed E-state index contributed by atoms with van der Waals surface area (Å²) in [5.41, 5.74) is -6.12. The van der Waals surface area contributed by atoms with Gasteiger partial charge in [-0.2, -0.15) is 23.1 Å². The molecule has 1 aromatic heterocycles. The lowest BCUT2D eigenvalue weighted by Gasteiger charge is -2.48. The molecule has 4 bridgehead atoms. The van der Waals surface area contributed by atoms with Crippen LogP contribution >= 0.6 is 11.8 Å². The molecule has 3 aromatic carbocycles. The van der Waals surface area contributed by atoms with Crippen molar-refractivity contribution in [2.45, 2.75) is 66.8 Å². The summed E-state index contributed by atoms with van der Waals surface area (Å²) in [7, 11) is 0. The molecule has 5 aliphatic heterocycles. The molecular weight excluding hydrogens is 689 g/mol. The van der Waals surface area contributed by atoms with Crippen molar-refractivity contribution >= 4 is 39.3 Å². The van der Waals surface area contributed by atoms with Crippen LogP contribution in [0.1, 0.15) is 37.7 Å². The number of phenols is 1. The number of rotatable bonds is 8. The molecule has 51 heavy (non-hydrogen) atoms. The fraction of sp³-hybridized carbons (Fsp3) is 0.459. The lowest BCUT2D eigenvalue weighted by molar-refractivity contribution is -0.183. The molecule has 5 saturated heterocycles. The molecule has 0 spiro atoms. The van der Waals surface area contributed by atoms with Crippen LogP contribution in [0.25, 0.3) is 32.8 Å². The number of aromatic hydroxyl groups is 1. The van der Waals surface area contributed by atoms with E-state index >= 15 is 8.78 Å². The van der Waals surface area contributed by atoms with E-state index in [0.29, 0.717) is 19.7 Å². The highest BCUT2D eigenvalue weighted by Crippen LogP contribution is 2.50. The van der Waals surface area contributed by atoms with Gasteiger partial charge in [0.05, 0.1) is 24.4 Å². The number of alkyl halides is 3. The first-order valence-electron chi connectivity index (χ1n) is 17.2. The molecule has 6 aliphatic rings. The Morgan fingerprint density at radius 1 is 1.06 bits per heavy atom. The maximum Gasteiger partial charge on any atom is 0.446 e. The molecule has 8 nitrogen and oxygen atoms in total. The number of halogens is 5. The lowest BCUT2D eigenvalue weighted by atomic mass is 9.93. The van der Waals surface area contributed by atoms with Gasteiger partial charge in [-0.15, -0.1) is 6.42 Å². The zero-order valence-corrected chi connectivity index (χ0v) is 28.2. The minimum atomic E-state index is -4.82. The highest BCUT2D eigenvalue weighted by molar-refractivity contribution is 8.00. The van der Waals surface area contributed by atoms with Crippen LogP contribution in [0, 0.1) is 29.4 Å². The number of terminal acetylenes is 1. The molecule has 1 aliphatic carbocycles. The number of aromatic nitrogens is 2. The van der Waals surface area contributed by atoms with E-state index in [1.807, 2.05) is 4.90 Å². The fourth-order valence-corrected chi connectivity index (χ4v) is 9.18. The molecule has 6 fully saturated rings. The maximum absolute atomic E-state index is 17.3. The Balaban J connectivity index is 1.19. The molecule has 4 aromatic rings. The lowest BCUT2D eigenvalue weighted by Crippen LogP contribution is -2.58. The SMILES string of the molecule is C#Cc1c(F)ccc2cc(O)cc(-c3c(SC(F)(F)F)cc4c(N5CC6CCC(C5)N6)nc(OCC5(CN6CC7CC(C6)O7)CC5)nc4c3F)c12. The van der Waals surface area contributed by atoms with E-state index in [2.05, 4.69) is 21.1 Å². The number of piperazine rings is 1. The van der Waals surface area contributed by atoms with Crippen LogP contribution in [0.2, 0.25) is 0 Å². The molecule has 2 N–H and O–H groups in total. The van der Waals surface area contributed by atoms with Gasteiger partial charge in [-0.1, -0.05) is 12.0 Å². The van der Waals surface area contributed by atoms with E-state index in [0.717, 1.165) is 63.9 Å². The first-order chi connectivity index (χ1) is 24.4. The third-order valence-corrected chi connectivity index (χ3v) is 11.7. The topological polar surface area (TPSA) is 83.0 Å².